The second kappa shape index (κ2) is 7.59. The fourth-order valence-electron chi connectivity index (χ4n) is 2.93. The molecule has 0 bridgehead atoms. The molecule has 1 aliphatic rings. The lowest BCUT2D eigenvalue weighted by Crippen LogP contribution is -2.16. The van der Waals surface area contributed by atoms with Crippen LogP contribution in [0.2, 0.25) is 0 Å². The molecule has 0 unspecified atom stereocenters. The third kappa shape index (κ3) is 3.47. The first-order valence-corrected chi connectivity index (χ1v) is 8.87. The molecular weight excluding hydrogens is 377 g/mol. The summed E-state index contributed by atoms with van der Waals surface area (Å²) >= 11 is 0. The number of nitrogens with one attached hydrogen (secondary N) is 2. The molecule has 3 heterocycles. The van der Waals surface area contributed by atoms with Crippen LogP contribution in [0.4, 0.5) is 10.1 Å². The molecule has 29 heavy (non-hydrogen) atoms. The second-order valence-corrected chi connectivity index (χ2v) is 6.11. The standard InChI is InChI=1S/C21H16FN3O4/c1-2-28-21(27)17-18(26)16(10-12-11-24-19-13(12)6-5-9-23-19)29-20(17)25-15-8-4-3-7-14(15)22/h3-11,25H,2H2,1H3,(H,23,24)/b16-10-. The summed E-state index contributed by atoms with van der Waals surface area (Å²) in [6, 6.07) is 9.46. The summed E-state index contributed by atoms with van der Waals surface area (Å²) in [6.45, 7) is 1.70. The van der Waals surface area contributed by atoms with Gasteiger partial charge in [-0.3, -0.25) is 4.79 Å². The molecule has 3 aromatic rings. The zero-order valence-electron chi connectivity index (χ0n) is 15.4. The minimum atomic E-state index is -0.847. The number of ether oxygens (including phenoxy) is 2. The van der Waals surface area contributed by atoms with Crippen LogP contribution in [0.3, 0.4) is 0 Å². The normalized spacial score (nSPS) is 15.1. The Hall–Kier alpha value is -3.94. The van der Waals surface area contributed by atoms with Crippen LogP contribution >= 0.6 is 0 Å². The maximum Gasteiger partial charge on any atom is 0.347 e. The summed E-state index contributed by atoms with van der Waals surface area (Å²) in [4.78, 5) is 32.4. The van der Waals surface area contributed by atoms with E-state index in [1.165, 1.54) is 24.3 Å². The number of para-hydroxylation sites is 1. The van der Waals surface area contributed by atoms with Gasteiger partial charge in [0.1, 0.15) is 11.5 Å². The number of hydrogen-bond donors (Lipinski definition) is 2. The van der Waals surface area contributed by atoms with Gasteiger partial charge in [-0.1, -0.05) is 12.1 Å². The average Bonchev–Trinajstić information content (AvgIpc) is 3.25. The Bertz CT molecular complexity index is 1180. The summed E-state index contributed by atoms with van der Waals surface area (Å²) in [5, 5.41) is 3.46. The minimum absolute atomic E-state index is 0.0645. The van der Waals surface area contributed by atoms with Crippen molar-refractivity contribution in [2.24, 2.45) is 0 Å². The monoisotopic (exact) mass is 393 g/mol. The molecule has 0 saturated carbocycles. The van der Waals surface area contributed by atoms with E-state index in [-0.39, 0.29) is 29.5 Å². The van der Waals surface area contributed by atoms with Crippen LogP contribution in [0.1, 0.15) is 12.5 Å². The Morgan fingerprint density at radius 1 is 1.31 bits per heavy atom. The van der Waals surface area contributed by atoms with Crippen molar-refractivity contribution in [2.45, 2.75) is 6.92 Å². The Morgan fingerprint density at radius 2 is 2.14 bits per heavy atom. The number of Topliss-reactive ketones (excluding diaryl/α,β-unsaturated/α-hetero) is 1. The molecule has 2 aromatic heterocycles. The van der Waals surface area contributed by atoms with Gasteiger partial charge >= 0.3 is 5.97 Å². The molecule has 1 aromatic carbocycles. The zero-order chi connectivity index (χ0) is 20.4. The van der Waals surface area contributed by atoms with Crippen molar-refractivity contribution in [3.8, 4) is 0 Å². The van der Waals surface area contributed by atoms with Crippen LogP contribution in [0.15, 0.2) is 66.0 Å². The van der Waals surface area contributed by atoms with Crippen LogP contribution in [0.5, 0.6) is 0 Å². The van der Waals surface area contributed by atoms with Crippen molar-refractivity contribution >= 4 is 34.5 Å². The van der Waals surface area contributed by atoms with E-state index >= 15 is 0 Å². The van der Waals surface area contributed by atoms with Gasteiger partial charge in [0.05, 0.1) is 12.3 Å². The molecule has 146 valence electrons. The van der Waals surface area contributed by atoms with E-state index in [1.54, 1.807) is 31.5 Å². The fourth-order valence-corrected chi connectivity index (χ4v) is 2.93. The van der Waals surface area contributed by atoms with Crippen LogP contribution in [0.25, 0.3) is 17.1 Å². The summed E-state index contributed by atoms with van der Waals surface area (Å²) in [5.74, 6) is -2.32. The Kier molecular flexibility index (Phi) is 4.82. The lowest BCUT2D eigenvalue weighted by molar-refractivity contribution is -0.139. The number of carbonyl (C=O) groups is 2. The molecule has 1 aliphatic heterocycles. The summed E-state index contributed by atoms with van der Waals surface area (Å²) < 4.78 is 24.6. The van der Waals surface area contributed by atoms with Crippen molar-refractivity contribution in [1.29, 1.82) is 0 Å². The fraction of sp³-hybridized carbons (Fsp3) is 0.0952. The molecule has 0 spiro atoms. The number of halogens is 1. The molecule has 0 fully saturated rings. The Labute approximate surface area is 164 Å². The van der Waals surface area contributed by atoms with Gasteiger partial charge in [0.2, 0.25) is 11.7 Å². The quantitative estimate of drug-likeness (QED) is 0.391. The van der Waals surface area contributed by atoms with E-state index in [2.05, 4.69) is 15.3 Å². The maximum atomic E-state index is 14.0. The van der Waals surface area contributed by atoms with Crippen LogP contribution in [-0.4, -0.2) is 28.3 Å². The predicted molar refractivity (Wildman–Crippen MR) is 104 cm³/mol. The topological polar surface area (TPSA) is 93.3 Å². The maximum absolute atomic E-state index is 14.0. The van der Waals surface area contributed by atoms with Crippen molar-refractivity contribution < 1.29 is 23.5 Å². The molecule has 0 saturated heterocycles. The molecule has 8 heteroatoms. The SMILES string of the molecule is CCOC(=O)C1=C(Nc2ccccc2F)O/C(=C\c2c[nH]c3ncccc23)C1=O. The van der Waals surface area contributed by atoms with Gasteiger partial charge in [0, 0.05) is 23.3 Å². The van der Waals surface area contributed by atoms with Gasteiger partial charge in [-0.2, -0.15) is 0 Å². The number of aromatic amines is 1. The number of pyridine rings is 1. The first-order chi connectivity index (χ1) is 14.1. The van der Waals surface area contributed by atoms with Crippen LogP contribution < -0.4 is 5.32 Å². The number of nitrogens with zero attached hydrogens (tertiary/aromatic N) is 1. The third-order valence-corrected chi connectivity index (χ3v) is 4.26. The van der Waals surface area contributed by atoms with Crippen molar-refractivity contribution in [3.05, 3.63) is 77.4 Å². The van der Waals surface area contributed by atoms with E-state index in [1.807, 2.05) is 6.07 Å². The molecule has 4 rings (SSSR count). The molecule has 0 aliphatic carbocycles. The average molecular weight is 393 g/mol. The van der Waals surface area contributed by atoms with Gasteiger partial charge in [-0.05, 0) is 37.3 Å². The smallest absolute Gasteiger partial charge is 0.347 e. The van der Waals surface area contributed by atoms with E-state index in [0.717, 1.165) is 5.39 Å². The molecular formula is C21H16FN3O4. The van der Waals surface area contributed by atoms with Gasteiger partial charge < -0.3 is 19.8 Å². The number of carbonyl (C=O) groups excluding carboxylic acids is 2. The highest BCUT2D eigenvalue weighted by Crippen LogP contribution is 2.30. The number of rotatable bonds is 5. The highest BCUT2D eigenvalue weighted by atomic mass is 19.1. The van der Waals surface area contributed by atoms with E-state index in [9.17, 15) is 14.0 Å². The van der Waals surface area contributed by atoms with Gasteiger partial charge in [0.25, 0.3) is 0 Å². The number of aromatic nitrogens is 2. The number of H-pyrrole nitrogens is 1. The molecule has 2 N–H and O–H groups in total. The van der Waals surface area contributed by atoms with E-state index in [0.29, 0.717) is 11.2 Å². The first kappa shape index (κ1) is 18.4. The summed E-state index contributed by atoms with van der Waals surface area (Å²) in [5.41, 5.74) is 1.05. The van der Waals surface area contributed by atoms with Crippen LogP contribution in [0, 0.1) is 5.82 Å². The van der Waals surface area contributed by atoms with Gasteiger partial charge in [-0.15, -0.1) is 0 Å². The summed E-state index contributed by atoms with van der Waals surface area (Å²) in [7, 11) is 0. The number of allylic oxidation sites excluding steroid dienone is 1. The number of hydrogen-bond acceptors (Lipinski definition) is 6. The number of fused-ring (bicyclic) bond motifs is 1. The highest BCUT2D eigenvalue weighted by molar-refractivity contribution is 6.26. The highest BCUT2D eigenvalue weighted by Gasteiger charge is 2.37. The van der Waals surface area contributed by atoms with Crippen molar-refractivity contribution in [3.63, 3.8) is 0 Å². The summed E-state index contributed by atoms with van der Waals surface area (Å²) in [6.07, 6.45) is 4.82. The van der Waals surface area contributed by atoms with Crippen molar-refractivity contribution in [2.75, 3.05) is 11.9 Å². The zero-order valence-corrected chi connectivity index (χ0v) is 15.4. The molecule has 0 amide bonds. The van der Waals surface area contributed by atoms with Crippen LogP contribution in [-0.2, 0) is 19.1 Å². The van der Waals surface area contributed by atoms with Crippen molar-refractivity contribution in [1.82, 2.24) is 9.97 Å². The number of esters is 1. The number of benzene rings is 1. The van der Waals surface area contributed by atoms with Gasteiger partial charge in [0.15, 0.2) is 11.3 Å². The number of ketones is 1. The largest absolute Gasteiger partial charge is 0.462 e. The predicted octanol–water partition coefficient (Wildman–Crippen LogP) is 3.53. The second-order valence-electron chi connectivity index (χ2n) is 6.11. The Balaban J connectivity index is 1.72. The third-order valence-electron chi connectivity index (χ3n) is 4.26. The lowest BCUT2D eigenvalue weighted by atomic mass is 10.1. The Morgan fingerprint density at radius 3 is 2.93 bits per heavy atom. The lowest BCUT2D eigenvalue weighted by Gasteiger charge is -2.09. The molecule has 0 atom stereocenters. The minimum Gasteiger partial charge on any atom is -0.462 e. The molecule has 7 nitrogen and oxygen atoms in total. The van der Waals surface area contributed by atoms with E-state index in [4.69, 9.17) is 9.47 Å². The number of anilines is 1. The molecule has 0 radical (unpaired) electrons. The first-order valence-electron chi connectivity index (χ1n) is 8.87. The van der Waals surface area contributed by atoms with Gasteiger partial charge in [-0.25, -0.2) is 14.2 Å². The van der Waals surface area contributed by atoms with E-state index < -0.39 is 17.6 Å².